The van der Waals surface area contributed by atoms with Crippen molar-refractivity contribution in [3.8, 4) is 0 Å². The Morgan fingerprint density at radius 2 is 2.05 bits per heavy atom. The zero-order valence-electron chi connectivity index (χ0n) is 27.1. The molecule has 1 saturated heterocycles. The van der Waals surface area contributed by atoms with Crippen LogP contribution in [0.25, 0.3) is 0 Å². The van der Waals surface area contributed by atoms with Gasteiger partial charge in [0.1, 0.15) is 13.2 Å². The Kier molecular flexibility index (Phi) is 8.31. The van der Waals surface area contributed by atoms with E-state index in [1.54, 1.807) is 13.3 Å². The van der Waals surface area contributed by atoms with Gasteiger partial charge in [-0.2, -0.15) is 0 Å². The Labute approximate surface area is 265 Å². The summed E-state index contributed by atoms with van der Waals surface area (Å²) in [4.78, 5) is 38.1. The fraction of sp³-hybridized carbons (Fsp3) is 0.657. The van der Waals surface area contributed by atoms with Crippen LogP contribution < -0.4 is 10.2 Å². The first-order chi connectivity index (χ1) is 20.9. The predicted molar refractivity (Wildman–Crippen MR) is 176 cm³/mol. The standard InChI is InChI=1S/C35H48N4O4S/c1-20-19-36-33(44-20)37-30(40)12-10-22-17-29(38-43-6)35(5)14-13-23-24(31(22)35)11-9-21-16-28(26(18-25(21)23)34(2,3)4)39-15-7-8-27(39)32(41)42/h16,18-19,22-24,27,31H,7-15,17H2,1-6H3,(H,41,42)(H,36,37,40)/b38-29+/t22-,23?,24?,27?,31?,35-/m1/s1. The third-order valence-electron chi connectivity index (χ3n) is 11.2. The Bertz CT molecular complexity index is 1460. The highest BCUT2D eigenvalue weighted by molar-refractivity contribution is 7.15. The molecule has 1 aliphatic heterocycles. The molecule has 2 aromatic rings. The minimum atomic E-state index is -0.719. The number of carboxylic acid groups (broad SMARTS) is 1. The summed E-state index contributed by atoms with van der Waals surface area (Å²) in [6.45, 7) is 11.9. The van der Waals surface area contributed by atoms with Gasteiger partial charge in [0.05, 0.1) is 5.71 Å². The maximum Gasteiger partial charge on any atom is 0.326 e. The number of carboxylic acids is 1. The lowest BCUT2D eigenvalue weighted by atomic mass is 9.53. The number of thiazole rings is 1. The number of aryl methyl sites for hydroxylation is 2. The minimum Gasteiger partial charge on any atom is -0.480 e. The van der Waals surface area contributed by atoms with Gasteiger partial charge in [-0.3, -0.25) is 4.79 Å². The average Bonchev–Trinajstić information content (AvgIpc) is 3.68. The van der Waals surface area contributed by atoms with Crippen molar-refractivity contribution in [3.63, 3.8) is 0 Å². The van der Waals surface area contributed by atoms with Crippen LogP contribution in [0, 0.1) is 30.1 Å². The fourth-order valence-electron chi connectivity index (χ4n) is 9.27. The van der Waals surface area contributed by atoms with E-state index in [1.165, 1.54) is 28.0 Å². The molecule has 0 spiro atoms. The Morgan fingerprint density at radius 3 is 2.73 bits per heavy atom. The summed E-state index contributed by atoms with van der Waals surface area (Å²) in [6.07, 6.45) is 9.86. The molecule has 2 saturated carbocycles. The number of aliphatic carboxylic acids is 1. The van der Waals surface area contributed by atoms with Gasteiger partial charge < -0.3 is 20.2 Å². The fourth-order valence-corrected chi connectivity index (χ4v) is 9.95. The van der Waals surface area contributed by atoms with E-state index in [1.807, 2.05) is 6.92 Å². The normalized spacial score (nSPS) is 30.5. The number of fused-ring (bicyclic) bond motifs is 5. The van der Waals surface area contributed by atoms with Crippen LogP contribution in [0.3, 0.4) is 0 Å². The third-order valence-corrected chi connectivity index (χ3v) is 12.0. The molecule has 1 aromatic heterocycles. The molecule has 1 amide bonds. The van der Waals surface area contributed by atoms with Crippen LogP contribution in [0.15, 0.2) is 23.5 Å². The summed E-state index contributed by atoms with van der Waals surface area (Å²) in [6, 6.07) is 4.37. The molecular formula is C35H48N4O4S. The molecule has 1 aromatic carbocycles. The molecule has 3 fully saturated rings. The number of carbonyl (C=O) groups excluding carboxylic acids is 1. The number of rotatable bonds is 7. The van der Waals surface area contributed by atoms with Crippen LogP contribution in [0.5, 0.6) is 0 Å². The van der Waals surface area contributed by atoms with Crippen molar-refractivity contribution in [3.05, 3.63) is 39.9 Å². The highest BCUT2D eigenvalue weighted by Crippen LogP contribution is 2.63. The Morgan fingerprint density at radius 1 is 1.25 bits per heavy atom. The maximum atomic E-state index is 13.0. The average molecular weight is 621 g/mol. The van der Waals surface area contributed by atoms with Gasteiger partial charge in [0.2, 0.25) is 5.91 Å². The number of anilines is 2. The first-order valence-corrected chi connectivity index (χ1v) is 17.2. The third kappa shape index (κ3) is 5.54. The number of carbonyl (C=O) groups is 2. The van der Waals surface area contributed by atoms with Gasteiger partial charge in [0.15, 0.2) is 5.13 Å². The predicted octanol–water partition coefficient (Wildman–Crippen LogP) is 7.31. The lowest BCUT2D eigenvalue weighted by Gasteiger charge is -2.51. The summed E-state index contributed by atoms with van der Waals surface area (Å²) in [5, 5.41) is 18.3. The molecule has 8 nitrogen and oxygen atoms in total. The van der Waals surface area contributed by atoms with E-state index in [0.717, 1.165) is 67.8 Å². The summed E-state index contributed by atoms with van der Waals surface area (Å²) in [5.74, 6) is 1.08. The van der Waals surface area contributed by atoms with E-state index in [2.05, 4.69) is 60.2 Å². The van der Waals surface area contributed by atoms with Gasteiger partial charge in [-0.25, -0.2) is 9.78 Å². The smallest absolute Gasteiger partial charge is 0.326 e. The first kappa shape index (κ1) is 31.1. The maximum absolute atomic E-state index is 13.0. The lowest BCUT2D eigenvalue weighted by Crippen LogP contribution is -2.44. The number of hydrogen-bond donors (Lipinski definition) is 2. The number of nitrogens with one attached hydrogen (secondary N) is 1. The molecule has 2 N–H and O–H groups in total. The molecule has 4 unspecified atom stereocenters. The lowest BCUT2D eigenvalue weighted by molar-refractivity contribution is -0.138. The van der Waals surface area contributed by atoms with Crippen molar-refractivity contribution in [2.24, 2.45) is 28.3 Å². The monoisotopic (exact) mass is 620 g/mol. The highest BCUT2D eigenvalue weighted by Gasteiger charge is 2.58. The van der Waals surface area contributed by atoms with Gasteiger partial charge in [0.25, 0.3) is 0 Å². The summed E-state index contributed by atoms with van der Waals surface area (Å²) in [5.41, 5.74) is 6.27. The SMILES string of the molecule is CO/N=C1\C[C@@H](CCC(=O)Nc2ncc(C)s2)C2C3CCc4cc(N5CCCC5C(=O)O)c(C(C)(C)C)cc4C3CC[C@]12C. The molecule has 2 heterocycles. The van der Waals surface area contributed by atoms with Crippen molar-refractivity contribution >= 4 is 39.7 Å². The molecule has 0 bridgehead atoms. The van der Waals surface area contributed by atoms with E-state index >= 15 is 0 Å². The molecule has 238 valence electrons. The molecule has 0 radical (unpaired) electrons. The van der Waals surface area contributed by atoms with Crippen LogP contribution in [0.2, 0.25) is 0 Å². The van der Waals surface area contributed by atoms with Crippen LogP contribution in [0.1, 0.15) is 107 Å². The molecule has 9 heteroatoms. The second kappa shape index (κ2) is 11.8. The molecular weight excluding hydrogens is 572 g/mol. The van der Waals surface area contributed by atoms with Gasteiger partial charge in [-0.1, -0.05) is 38.9 Å². The number of hydrogen-bond acceptors (Lipinski definition) is 7. The number of benzene rings is 1. The molecule has 44 heavy (non-hydrogen) atoms. The first-order valence-electron chi connectivity index (χ1n) is 16.4. The van der Waals surface area contributed by atoms with Crippen LogP contribution in [-0.4, -0.2) is 47.4 Å². The van der Waals surface area contributed by atoms with Gasteiger partial charge >= 0.3 is 5.97 Å². The van der Waals surface area contributed by atoms with E-state index in [0.29, 0.717) is 41.6 Å². The van der Waals surface area contributed by atoms with E-state index in [9.17, 15) is 14.7 Å². The number of oxime groups is 1. The molecule has 6 atom stereocenters. The van der Waals surface area contributed by atoms with E-state index < -0.39 is 12.0 Å². The van der Waals surface area contributed by atoms with Crippen LogP contribution in [0.4, 0.5) is 10.8 Å². The number of nitrogens with zero attached hydrogens (tertiary/aromatic N) is 3. The molecule has 3 aliphatic carbocycles. The van der Waals surface area contributed by atoms with Crippen molar-refractivity contribution in [1.82, 2.24) is 4.98 Å². The molecule has 6 rings (SSSR count). The number of amides is 1. The van der Waals surface area contributed by atoms with E-state index in [4.69, 9.17) is 4.84 Å². The quantitative estimate of drug-likeness (QED) is 0.315. The largest absolute Gasteiger partial charge is 0.480 e. The highest BCUT2D eigenvalue weighted by atomic mass is 32.1. The van der Waals surface area contributed by atoms with Gasteiger partial charge in [-0.05, 0) is 110 Å². The van der Waals surface area contributed by atoms with Crippen molar-refractivity contribution in [2.45, 2.75) is 110 Å². The second-order valence-corrected chi connectivity index (χ2v) is 16.1. The van der Waals surface area contributed by atoms with Crippen molar-refractivity contribution < 1.29 is 19.5 Å². The molecule has 4 aliphatic rings. The summed E-state index contributed by atoms with van der Waals surface area (Å²) >= 11 is 1.51. The van der Waals surface area contributed by atoms with Crippen molar-refractivity contribution in [2.75, 3.05) is 23.9 Å². The van der Waals surface area contributed by atoms with Gasteiger partial charge in [-0.15, -0.1) is 11.3 Å². The summed E-state index contributed by atoms with van der Waals surface area (Å²) < 4.78 is 0. The van der Waals surface area contributed by atoms with E-state index in [-0.39, 0.29) is 16.7 Å². The van der Waals surface area contributed by atoms with Crippen LogP contribution in [-0.2, 0) is 26.3 Å². The second-order valence-electron chi connectivity index (χ2n) is 14.8. The zero-order chi connectivity index (χ0) is 31.4. The zero-order valence-corrected chi connectivity index (χ0v) is 27.9. The van der Waals surface area contributed by atoms with Gasteiger partial charge in [0, 0.05) is 35.1 Å². The van der Waals surface area contributed by atoms with Crippen molar-refractivity contribution in [1.29, 1.82) is 0 Å². The summed E-state index contributed by atoms with van der Waals surface area (Å²) in [7, 11) is 1.64. The minimum absolute atomic E-state index is 0.0285. The number of aromatic nitrogens is 1. The van der Waals surface area contributed by atoms with Crippen LogP contribution >= 0.6 is 11.3 Å². The Hall–Kier alpha value is -2.94. The Balaban J connectivity index is 1.30. The topological polar surface area (TPSA) is 104 Å².